The van der Waals surface area contributed by atoms with E-state index in [2.05, 4.69) is 10.6 Å². The van der Waals surface area contributed by atoms with Crippen molar-refractivity contribution in [2.45, 2.75) is 6.92 Å². The lowest BCUT2D eigenvalue weighted by molar-refractivity contribution is 0.262. The molecule has 2 aromatic rings. The van der Waals surface area contributed by atoms with E-state index in [-0.39, 0.29) is 0 Å². The smallest absolute Gasteiger partial charge is 0.323 e. The van der Waals surface area contributed by atoms with Gasteiger partial charge < -0.3 is 16.4 Å². The summed E-state index contributed by atoms with van der Waals surface area (Å²) < 4.78 is 0. The largest absolute Gasteiger partial charge is 0.399 e. The van der Waals surface area contributed by atoms with Gasteiger partial charge in [-0.05, 0) is 42.8 Å². The Balaban J connectivity index is 2.07. The average molecular weight is 310 g/mol. The number of carbonyl (C=O) groups is 1. The quantitative estimate of drug-likeness (QED) is 0.713. The van der Waals surface area contributed by atoms with Gasteiger partial charge in [-0.15, -0.1) is 0 Å². The first-order valence-electron chi connectivity index (χ1n) is 5.85. The molecule has 0 bridgehead atoms. The van der Waals surface area contributed by atoms with Gasteiger partial charge in [0.25, 0.3) is 0 Å². The Labute approximate surface area is 126 Å². The number of benzene rings is 2. The van der Waals surface area contributed by atoms with Crippen molar-refractivity contribution < 1.29 is 4.79 Å². The molecule has 0 aliphatic heterocycles. The van der Waals surface area contributed by atoms with Gasteiger partial charge in [-0.3, -0.25) is 0 Å². The SMILES string of the molecule is Cc1ccc(NC(=O)Nc2ccc(N)cc2Cl)cc1Cl. The normalized spacial score (nSPS) is 10.2. The van der Waals surface area contributed by atoms with Crippen LogP contribution in [0.15, 0.2) is 36.4 Å². The molecule has 20 heavy (non-hydrogen) atoms. The van der Waals surface area contributed by atoms with E-state index in [1.165, 1.54) is 0 Å². The summed E-state index contributed by atoms with van der Waals surface area (Å²) in [4.78, 5) is 11.9. The number of aryl methyl sites for hydroxylation is 1. The van der Waals surface area contributed by atoms with Crippen LogP contribution >= 0.6 is 23.2 Å². The standard InChI is InChI=1S/C14H13Cl2N3O/c1-8-2-4-10(7-11(8)15)18-14(20)19-13-5-3-9(17)6-12(13)16/h2-7H,17H2,1H3,(H2,18,19,20). The van der Waals surface area contributed by atoms with Gasteiger partial charge in [0.2, 0.25) is 0 Å². The van der Waals surface area contributed by atoms with Gasteiger partial charge in [0.15, 0.2) is 0 Å². The maximum atomic E-state index is 11.9. The number of nitrogen functional groups attached to an aromatic ring is 1. The molecule has 0 aliphatic rings. The highest BCUT2D eigenvalue weighted by molar-refractivity contribution is 6.34. The van der Waals surface area contributed by atoms with Crippen LogP contribution in [0.1, 0.15) is 5.56 Å². The van der Waals surface area contributed by atoms with E-state index in [9.17, 15) is 4.79 Å². The second-order valence-corrected chi connectivity index (χ2v) is 5.10. The molecule has 0 fully saturated rings. The number of urea groups is 1. The predicted molar refractivity (Wildman–Crippen MR) is 84.7 cm³/mol. The number of hydrogen-bond donors (Lipinski definition) is 3. The van der Waals surface area contributed by atoms with E-state index in [0.717, 1.165) is 5.56 Å². The van der Waals surface area contributed by atoms with Crippen LogP contribution in [0.25, 0.3) is 0 Å². The third-order valence-electron chi connectivity index (χ3n) is 2.67. The molecule has 0 spiro atoms. The van der Waals surface area contributed by atoms with Crippen LogP contribution in [0.4, 0.5) is 21.9 Å². The predicted octanol–water partition coefficient (Wildman–Crippen LogP) is 4.53. The van der Waals surface area contributed by atoms with Crippen LogP contribution in [0.5, 0.6) is 0 Å². The highest BCUT2D eigenvalue weighted by Crippen LogP contribution is 2.24. The van der Waals surface area contributed by atoms with E-state index in [0.29, 0.717) is 27.1 Å². The fourth-order valence-electron chi connectivity index (χ4n) is 1.59. The fraction of sp³-hybridized carbons (Fsp3) is 0.0714. The van der Waals surface area contributed by atoms with Gasteiger partial charge in [0.05, 0.1) is 10.7 Å². The van der Waals surface area contributed by atoms with E-state index in [4.69, 9.17) is 28.9 Å². The zero-order valence-corrected chi connectivity index (χ0v) is 12.2. The number of halogens is 2. The minimum atomic E-state index is -0.406. The maximum Gasteiger partial charge on any atom is 0.323 e. The van der Waals surface area contributed by atoms with E-state index < -0.39 is 6.03 Å². The molecule has 104 valence electrons. The molecule has 6 heteroatoms. The van der Waals surface area contributed by atoms with Crippen LogP contribution in [0.2, 0.25) is 10.0 Å². The summed E-state index contributed by atoms with van der Waals surface area (Å²) in [5.41, 5.74) is 8.15. The van der Waals surface area contributed by atoms with Crippen molar-refractivity contribution in [1.82, 2.24) is 0 Å². The Morgan fingerprint density at radius 1 is 1.05 bits per heavy atom. The van der Waals surface area contributed by atoms with Gasteiger partial charge >= 0.3 is 6.03 Å². The zero-order valence-electron chi connectivity index (χ0n) is 10.7. The summed E-state index contributed by atoms with van der Waals surface area (Å²) in [6.07, 6.45) is 0. The molecule has 4 N–H and O–H groups in total. The van der Waals surface area contributed by atoms with Gasteiger partial charge in [-0.25, -0.2) is 4.79 Å². The molecule has 4 nitrogen and oxygen atoms in total. The molecule has 2 amide bonds. The Hall–Kier alpha value is -1.91. The minimum Gasteiger partial charge on any atom is -0.399 e. The molecule has 0 saturated heterocycles. The second-order valence-electron chi connectivity index (χ2n) is 4.28. The minimum absolute atomic E-state index is 0.377. The number of rotatable bonds is 2. The van der Waals surface area contributed by atoms with Crippen LogP contribution in [-0.4, -0.2) is 6.03 Å². The van der Waals surface area contributed by atoms with Crippen LogP contribution < -0.4 is 16.4 Å². The van der Waals surface area contributed by atoms with Crippen molar-refractivity contribution in [2.24, 2.45) is 0 Å². The summed E-state index contributed by atoms with van der Waals surface area (Å²) in [7, 11) is 0. The van der Waals surface area contributed by atoms with Gasteiger partial charge in [-0.1, -0.05) is 29.3 Å². The Morgan fingerprint density at radius 2 is 1.80 bits per heavy atom. The van der Waals surface area contributed by atoms with Crippen molar-refractivity contribution >= 4 is 46.3 Å². The molecule has 2 rings (SSSR count). The van der Waals surface area contributed by atoms with Crippen molar-refractivity contribution in [3.05, 3.63) is 52.0 Å². The third-order valence-corrected chi connectivity index (χ3v) is 3.39. The molecule has 0 unspecified atom stereocenters. The third kappa shape index (κ3) is 3.56. The number of anilines is 3. The summed E-state index contributed by atoms with van der Waals surface area (Å²) >= 11 is 12.0. The van der Waals surface area contributed by atoms with Crippen molar-refractivity contribution in [3.8, 4) is 0 Å². The van der Waals surface area contributed by atoms with Crippen LogP contribution in [0.3, 0.4) is 0 Å². The first kappa shape index (κ1) is 14.5. The Bertz CT molecular complexity index is 659. The average Bonchev–Trinajstić information content (AvgIpc) is 2.37. The highest BCUT2D eigenvalue weighted by atomic mass is 35.5. The first-order valence-corrected chi connectivity index (χ1v) is 6.60. The number of nitrogens with one attached hydrogen (secondary N) is 2. The molecular weight excluding hydrogens is 297 g/mol. The summed E-state index contributed by atoms with van der Waals surface area (Å²) in [5, 5.41) is 6.28. The molecule has 0 radical (unpaired) electrons. The highest BCUT2D eigenvalue weighted by Gasteiger charge is 2.07. The number of carbonyl (C=O) groups excluding carboxylic acids is 1. The Morgan fingerprint density at radius 3 is 2.45 bits per heavy atom. The van der Waals surface area contributed by atoms with E-state index in [1.54, 1.807) is 30.3 Å². The van der Waals surface area contributed by atoms with Gasteiger partial charge in [0, 0.05) is 16.4 Å². The summed E-state index contributed by atoms with van der Waals surface area (Å²) in [6.45, 7) is 1.89. The second kappa shape index (κ2) is 6.03. The van der Waals surface area contributed by atoms with Crippen molar-refractivity contribution in [3.63, 3.8) is 0 Å². The molecular formula is C14H13Cl2N3O. The van der Waals surface area contributed by atoms with Crippen LogP contribution in [-0.2, 0) is 0 Å². The number of nitrogens with two attached hydrogens (primary N) is 1. The molecule has 0 saturated carbocycles. The monoisotopic (exact) mass is 309 g/mol. The summed E-state index contributed by atoms with van der Waals surface area (Å²) in [6, 6.07) is 9.74. The zero-order chi connectivity index (χ0) is 14.7. The number of amides is 2. The first-order chi connectivity index (χ1) is 9.45. The summed E-state index contributed by atoms with van der Waals surface area (Å²) in [5.74, 6) is 0. The topological polar surface area (TPSA) is 67.2 Å². The van der Waals surface area contributed by atoms with Crippen molar-refractivity contribution in [2.75, 3.05) is 16.4 Å². The number of hydrogen-bond acceptors (Lipinski definition) is 2. The molecule has 0 aliphatic carbocycles. The lowest BCUT2D eigenvalue weighted by atomic mass is 10.2. The molecule has 0 aromatic heterocycles. The lowest BCUT2D eigenvalue weighted by Crippen LogP contribution is -2.19. The van der Waals surface area contributed by atoms with E-state index >= 15 is 0 Å². The fourth-order valence-corrected chi connectivity index (χ4v) is 2.00. The van der Waals surface area contributed by atoms with Crippen LogP contribution in [0, 0.1) is 6.92 Å². The van der Waals surface area contributed by atoms with Gasteiger partial charge in [0.1, 0.15) is 0 Å². The van der Waals surface area contributed by atoms with E-state index in [1.807, 2.05) is 13.0 Å². The molecule has 0 heterocycles. The maximum absolute atomic E-state index is 11.9. The van der Waals surface area contributed by atoms with Crippen molar-refractivity contribution in [1.29, 1.82) is 0 Å². The molecule has 0 atom stereocenters. The Kier molecular flexibility index (Phi) is 4.37. The lowest BCUT2D eigenvalue weighted by Gasteiger charge is -2.10. The van der Waals surface area contributed by atoms with Gasteiger partial charge in [-0.2, -0.15) is 0 Å². The molecule has 2 aromatic carbocycles.